The van der Waals surface area contributed by atoms with Crippen LogP contribution in [0.5, 0.6) is 0 Å². The Labute approximate surface area is 116 Å². The van der Waals surface area contributed by atoms with Gasteiger partial charge in [0, 0.05) is 26.0 Å². The normalized spacial score (nSPS) is 10.5. The summed E-state index contributed by atoms with van der Waals surface area (Å²) in [6, 6.07) is 5.76. The number of nitrogens with one attached hydrogen (secondary N) is 1. The maximum Gasteiger partial charge on any atom is 0.154 e. The minimum Gasteiger partial charge on any atom is -0.384 e. The number of benzene rings is 1. The SMILES string of the molecule is Cc1csc(Sc2cccc(Br)c2C(=N)N)n1. The fraction of sp³-hybridized carbons (Fsp3) is 0.0909. The van der Waals surface area contributed by atoms with Crippen LogP contribution in [0.2, 0.25) is 0 Å². The molecule has 17 heavy (non-hydrogen) atoms. The lowest BCUT2D eigenvalue weighted by Crippen LogP contribution is -2.13. The van der Waals surface area contributed by atoms with Crippen molar-refractivity contribution in [1.29, 1.82) is 5.41 Å². The predicted molar refractivity (Wildman–Crippen MR) is 76.1 cm³/mol. The Morgan fingerprint density at radius 1 is 1.53 bits per heavy atom. The quantitative estimate of drug-likeness (QED) is 0.668. The van der Waals surface area contributed by atoms with Gasteiger partial charge in [-0.2, -0.15) is 0 Å². The average Bonchev–Trinajstić information content (AvgIpc) is 2.63. The van der Waals surface area contributed by atoms with E-state index in [2.05, 4.69) is 20.9 Å². The molecule has 6 heteroatoms. The van der Waals surface area contributed by atoms with Crippen LogP contribution in [-0.2, 0) is 0 Å². The van der Waals surface area contributed by atoms with Crippen LogP contribution in [0.15, 0.2) is 37.3 Å². The molecule has 2 rings (SSSR count). The molecular formula is C11H10BrN3S2. The van der Waals surface area contributed by atoms with E-state index in [0.29, 0.717) is 0 Å². The van der Waals surface area contributed by atoms with Gasteiger partial charge in [0.15, 0.2) is 4.34 Å². The lowest BCUT2D eigenvalue weighted by atomic mass is 10.2. The van der Waals surface area contributed by atoms with Gasteiger partial charge in [-0.25, -0.2) is 4.98 Å². The van der Waals surface area contributed by atoms with Crippen LogP contribution < -0.4 is 5.73 Å². The van der Waals surface area contributed by atoms with Gasteiger partial charge in [0.2, 0.25) is 0 Å². The van der Waals surface area contributed by atoms with E-state index in [-0.39, 0.29) is 5.84 Å². The number of amidine groups is 1. The van der Waals surface area contributed by atoms with Crippen LogP contribution in [0.3, 0.4) is 0 Å². The third-order valence-corrected chi connectivity index (χ3v) is 4.82. The van der Waals surface area contributed by atoms with Gasteiger partial charge < -0.3 is 5.73 Å². The Hall–Kier alpha value is -0.850. The topological polar surface area (TPSA) is 62.8 Å². The molecule has 0 saturated carbocycles. The largest absolute Gasteiger partial charge is 0.384 e. The molecule has 1 aromatic carbocycles. The zero-order valence-corrected chi connectivity index (χ0v) is 12.2. The van der Waals surface area contributed by atoms with E-state index < -0.39 is 0 Å². The van der Waals surface area contributed by atoms with Crippen LogP contribution in [0.4, 0.5) is 0 Å². The molecule has 1 heterocycles. The molecule has 0 aliphatic rings. The third kappa shape index (κ3) is 2.88. The maximum atomic E-state index is 7.61. The molecule has 1 aromatic heterocycles. The minimum atomic E-state index is 0.0632. The van der Waals surface area contributed by atoms with Gasteiger partial charge in [-0.15, -0.1) is 11.3 Å². The molecule has 0 aliphatic heterocycles. The maximum absolute atomic E-state index is 7.61. The van der Waals surface area contributed by atoms with Gasteiger partial charge in [0.25, 0.3) is 0 Å². The van der Waals surface area contributed by atoms with Gasteiger partial charge >= 0.3 is 0 Å². The molecule has 0 saturated heterocycles. The van der Waals surface area contributed by atoms with Crippen molar-refractivity contribution < 1.29 is 0 Å². The van der Waals surface area contributed by atoms with Gasteiger partial charge in [0.05, 0.1) is 0 Å². The number of thiazole rings is 1. The molecule has 0 amide bonds. The first kappa shape index (κ1) is 12.6. The zero-order valence-electron chi connectivity index (χ0n) is 9.03. The Morgan fingerprint density at radius 3 is 2.88 bits per heavy atom. The zero-order chi connectivity index (χ0) is 12.4. The lowest BCUT2D eigenvalue weighted by molar-refractivity contribution is 1.16. The summed E-state index contributed by atoms with van der Waals surface area (Å²) in [4.78, 5) is 5.34. The highest BCUT2D eigenvalue weighted by Crippen LogP contribution is 2.35. The van der Waals surface area contributed by atoms with Crippen molar-refractivity contribution in [3.05, 3.63) is 39.3 Å². The highest BCUT2D eigenvalue weighted by molar-refractivity contribution is 9.10. The summed E-state index contributed by atoms with van der Waals surface area (Å²) in [6.07, 6.45) is 0. The molecule has 0 radical (unpaired) electrons. The van der Waals surface area contributed by atoms with E-state index in [1.807, 2.05) is 30.5 Å². The second kappa shape index (κ2) is 5.20. The van der Waals surface area contributed by atoms with Gasteiger partial charge in [-0.3, -0.25) is 5.41 Å². The summed E-state index contributed by atoms with van der Waals surface area (Å²) >= 11 is 6.55. The summed E-state index contributed by atoms with van der Waals surface area (Å²) in [6.45, 7) is 1.97. The van der Waals surface area contributed by atoms with Crippen LogP contribution in [0.25, 0.3) is 0 Å². The molecule has 0 spiro atoms. The molecule has 2 aromatic rings. The molecule has 0 bridgehead atoms. The number of aromatic nitrogens is 1. The standard InChI is InChI=1S/C11H10BrN3S2/c1-6-5-16-11(15-6)17-8-4-2-3-7(12)9(8)10(13)14/h2-5H,1H3,(H3,13,14). The highest BCUT2D eigenvalue weighted by atomic mass is 79.9. The summed E-state index contributed by atoms with van der Waals surface area (Å²) < 4.78 is 1.80. The fourth-order valence-corrected chi connectivity index (χ4v) is 4.01. The monoisotopic (exact) mass is 327 g/mol. The van der Waals surface area contributed by atoms with Crippen molar-refractivity contribution in [3.8, 4) is 0 Å². The van der Waals surface area contributed by atoms with E-state index in [1.165, 1.54) is 11.8 Å². The molecule has 88 valence electrons. The van der Waals surface area contributed by atoms with Gasteiger partial charge in [0.1, 0.15) is 5.84 Å². The number of hydrogen-bond donors (Lipinski definition) is 2. The Morgan fingerprint density at radius 2 is 2.29 bits per heavy atom. The second-order valence-corrected chi connectivity index (χ2v) is 6.39. The number of halogens is 1. The van der Waals surface area contributed by atoms with E-state index in [4.69, 9.17) is 11.1 Å². The van der Waals surface area contributed by atoms with E-state index in [0.717, 1.165) is 25.0 Å². The lowest BCUT2D eigenvalue weighted by Gasteiger charge is -2.08. The molecule has 0 fully saturated rings. The van der Waals surface area contributed by atoms with Crippen molar-refractivity contribution in [2.75, 3.05) is 0 Å². The first-order chi connectivity index (χ1) is 8.08. The predicted octanol–water partition coefficient (Wildman–Crippen LogP) is 3.65. The third-order valence-electron chi connectivity index (χ3n) is 2.04. The van der Waals surface area contributed by atoms with E-state index >= 15 is 0 Å². The second-order valence-electron chi connectivity index (χ2n) is 3.38. The Bertz CT molecular complexity index is 566. The number of nitrogens with two attached hydrogens (primary N) is 1. The number of nitrogen functional groups attached to an aromatic ring is 1. The van der Waals surface area contributed by atoms with Crippen molar-refractivity contribution in [1.82, 2.24) is 4.98 Å². The minimum absolute atomic E-state index is 0.0632. The highest BCUT2D eigenvalue weighted by Gasteiger charge is 2.12. The first-order valence-electron chi connectivity index (χ1n) is 4.81. The average molecular weight is 328 g/mol. The molecule has 3 nitrogen and oxygen atoms in total. The van der Waals surface area contributed by atoms with Crippen LogP contribution >= 0.6 is 39.0 Å². The van der Waals surface area contributed by atoms with E-state index in [9.17, 15) is 0 Å². The summed E-state index contributed by atoms with van der Waals surface area (Å²) in [7, 11) is 0. The summed E-state index contributed by atoms with van der Waals surface area (Å²) in [5.41, 5.74) is 7.34. The Balaban J connectivity index is 2.39. The number of aryl methyl sites for hydroxylation is 1. The van der Waals surface area contributed by atoms with E-state index in [1.54, 1.807) is 11.3 Å². The number of nitrogens with zero attached hydrogens (tertiary/aromatic N) is 1. The van der Waals surface area contributed by atoms with Crippen molar-refractivity contribution in [2.24, 2.45) is 5.73 Å². The fourth-order valence-electron chi connectivity index (χ4n) is 1.32. The molecule has 0 atom stereocenters. The number of rotatable bonds is 3. The van der Waals surface area contributed by atoms with Crippen molar-refractivity contribution >= 4 is 44.9 Å². The van der Waals surface area contributed by atoms with Crippen LogP contribution in [0, 0.1) is 12.3 Å². The van der Waals surface area contributed by atoms with Crippen LogP contribution in [0.1, 0.15) is 11.3 Å². The molecular weight excluding hydrogens is 318 g/mol. The smallest absolute Gasteiger partial charge is 0.154 e. The summed E-state index contributed by atoms with van der Waals surface area (Å²) in [5, 5.41) is 9.61. The van der Waals surface area contributed by atoms with Gasteiger partial charge in [-0.1, -0.05) is 17.8 Å². The first-order valence-corrected chi connectivity index (χ1v) is 7.29. The van der Waals surface area contributed by atoms with Crippen molar-refractivity contribution in [3.63, 3.8) is 0 Å². The van der Waals surface area contributed by atoms with Crippen molar-refractivity contribution in [2.45, 2.75) is 16.2 Å². The molecule has 0 unspecified atom stereocenters. The Kier molecular flexibility index (Phi) is 3.86. The van der Waals surface area contributed by atoms with Gasteiger partial charge in [-0.05, 0) is 35.0 Å². The molecule has 3 N–H and O–H groups in total. The summed E-state index contributed by atoms with van der Waals surface area (Å²) in [5.74, 6) is 0.0632. The number of hydrogen-bond acceptors (Lipinski definition) is 4. The molecule has 0 aliphatic carbocycles. The van der Waals surface area contributed by atoms with Crippen LogP contribution in [-0.4, -0.2) is 10.8 Å².